The maximum Gasteiger partial charge on any atom is 0.315 e. The molecule has 1 aliphatic rings. The molecule has 24 heavy (non-hydrogen) atoms. The highest BCUT2D eigenvalue weighted by Crippen LogP contribution is 2.31. The van der Waals surface area contributed by atoms with Crippen LogP contribution in [0.4, 0.5) is 4.79 Å². The predicted octanol–water partition coefficient (Wildman–Crippen LogP) is 3.66. The van der Waals surface area contributed by atoms with Gasteiger partial charge in [0.2, 0.25) is 0 Å². The first-order chi connectivity index (χ1) is 11.6. The Morgan fingerprint density at radius 2 is 2.00 bits per heavy atom. The van der Waals surface area contributed by atoms with Crippen LogP contribution in [-0.4, -0.2) is 30.3 Å². The average Bonchev–Trinajstić information content (AvgIpc) is 2.98. The highest BCUT2D eigenvalue weighted by molar-refractivity contribution is 7.15. The number of ether oxygens (including phenoxy) is 1. The number of hydrogen-bond donors (Lipinski definition) is 2. The van der Waals surface area contributed by atoms with E-state index < -0.39 is 0 Å². The number of hydrogen-bond acceptors (Lipinski definition) is 4. The molecule has 1 aromatic heterocycles. The van der Waals surface area contributed by atoms with Gasteiger partial charge in [0, 0.05) is 24.8 Å². The van der Waals surface area contributed by atoms with Crippen LogP contribution in [0.2, 0.25) is 0 Å². The smallest absolute Gasteiger partial charge is 0.315 e. The van der Waals surface area contributed by atoms with Gasteiger partial charge >= 0.3 is 6.03 Å². The molecule has 1 atom stereocenters. The van der Waals surface area contributed by atoms with E-state index in [0.29, 0.717) is 0 Å². The molecule has 128 valence electrons. The second kappa shape index (κ2) is 7.77. The first-order valence-electron chi connectivity index (χ1n) is 8.31. The fourth-order valence-corrected chi connectivity index (χ4v) is 3.92. The molecule has 6 heteroatoms. The van der Waals surface area contributed by atoms with E-state index in [1.807, 2.05) is 32.0 Å². The summed E-state index contributed by atoms with van der Waals surface area (Å²) in [5, 5.41) is 7.05. The quantitative estimate of drug-likeness (QED) is 0.889. The number of thiazole rings is 1. The van der Waals surface area contributed by atoms with Crippen molar-refractivity contribution >= 4 is 17.4 Å². The van der Waals surface area contributed by atoms with Crippen LogP contribution in [0.1, 0.15) is 36.4 Å². The van der Waals surface area contributed by atoms with Gasteiger partial charge in [-0.15, -0.1) is 11.3 Å². The molecule has 3 rings (SSSR count). The molecular formula is C18H23N3O2S. The number of urea groups is 1. The molecule has 0 bridgehead atoms. The van der Waals surface area contributed by atoms with Crippen molar-refractivity contribution in [1.29, 1.82) is 0 Å². The first kappa shape index (κ1) is 16.9. The fourth-order valence-electron chi connectivity index (χ4n) is 2.85. The van der Waals surface area contributed by atoms with E-state index >= 15 is 0 Å². The first-order valence-corrected chi connectivity index (χ1v) is 9.12. The number of aromatic nitrogens is 1. The molecule has 0 saturated carbocycles. The summed E-state index contributed by atoms with van der Waals surface area (Å²) in [6.07, 6.45) is 1.75. The number of aryl methyl sites for hydroxylation is 1. The Kier molecular flexibility index (Phi) is 5.48. The van der Waals surface area contributed by atoms with E-state index in [0.717, 1.165) is 47.2 Å². The van der Waals surface area contributed by atoms with Crippen molar-refractivity contribution in [2.45, 2.75) is 38.8 Å². The van der Waals surface area contributed by atoms with Gasteiger partial charge in [0.05, 0.1) is 16.6 Å². The SMILES string of the molecule is Cc1nc(-c2ccccc2)sc1[C@@H](C)NC(=O)NC1CCOCC1. The zero-order valence-electron chi connectivity index (χ0n) is 14.0. The molecule has 0 aliphatic carbocycles. The Bertz CT molecular complexity index is 681. The standard InChI is InChI=1S/C18H23N3O2S/c1-12-16(24-17(19-12)14-6-4-3-5-7-14)13(2)20-18(22)21-15-8-10-23-11-9-15/h3-7,13,15H,8-11H2,1-2H3,(H2,20,21,22)/t13-/m1/s1. The maximum atomic E-state index is 12.2. The van der Waals surface area contributed by atoms with Crippen LogP contribution in [0, 0.1) is 6.92 Å². The second-order valence-electron chi connectivity index (χ2n) is 6.06. The minimum absolute atomic E-state index is 0.0696. The average molecular weight is 345 g/mol. The largest absolute Gasteiger partial charge is 0.381 e. The molecule has 0 radical (unpaired) electrons. The molecule has 5 nitrogen and oxygen atoms in total. The van der Waals surface area contributed by atoms with E-state index in [1.54, 1.807) is 11.3 Å². The second-order valence-corrected chi connectivity index (χ2v) is 7.09. The Labute approximate surface area is 146 Å². The number of benzene rings is 1. The predicted molar refractivity (Wildman–Crippen MR) is 96.2 cm³/mol. The third-order valence-electron chi connectivity index (χ3n) is 4.15. The van der Waals surface area contributed by atoms with Gasteiger partial charge in [-0.25, -0.2) is 9.78 Å². The third-order valence-corrected chi connectivity index (χ3v) is 5.54. The van der Waals surface area contributed by atoms with Gasteiger partial charge in [0.1, 0.15) is 5.01 Å². The Morgan fingerprint density at radius 1 is 1.29 bits per heavy atom. The van der Waals surface area contributed by atoms with Gasteiger partial charge in [0.25, 0.3) is 0 Å². The lowest BCUT2D eigenvalue weighted by atomic mass is 10.1. The molecule has 1 aliphatic heterocycles. The minimum atomic E-state index is -0.122. The van der Waals surface area contributed by atoms with Crippen LogP contribution in [0.25, 0.3) is 10.6 Å². The summed E-state index contributed by atoms with van der Waals surface area (Å²) in [6, 6.07) is 10.1. The normalized spacial score (nSPS) is 16.6. The summed E-state index contributed by atoms with van der Waals surface area (Å²) in [5.41, 5.74) is 2.08. The number of nitrogens with one attached hydrogen (secondary N) is 2. The lowest BCUT2D eigenvalue weighted by Crippen LogP contribution is -2.45. The van der Waals surface area contributed by atoms with E-state index in [-0.39, 0.29) is 18.1 Å². The zero-order chi connectivity index (χ0) is 16.9. The lowest BCUT2D eigenvalue weighted by Gasteiger charge is -2.24. The summed E-state index contributed by atoms with van der Waals surface area (Å²) in [5.74, 6) is 0. The molecule has 2 amide bonds. The van der Waals surface area contributed by atoms with Crippen LogP contribution >= 0.6 is 11.3 Å². The molecule has 1 fully saturated rings. The summed E-state index contributed by atoms with van der Waals surface area (Å²) >= 11 is 1.64. The topological polar surface area (TPSA) is 63.2 Å². The zero-order valence-corrected chi connectivity index (χ0v) is 14.9. The Hall–Kier alpha value is -1.92. The summed E-state index contributed by atoms with van der Waals surface area (Å²) in [4.78, 5) is 18.0. The van der Waals surface area contributed by atoms with Crippen LogP contribution in [0.3, 0.4) is 0 Å². The number of carbonyl (C=O) groups is 1. The van der Waals surface area contributed by atoms with Crippen LogP contribution in [-0.2, 0) is 4.74 Å². The Balaban J connectivity index is 1.63. The van der Waals surface area contributed by atoms with E-state index in [9.17, 15) is 4.79 Å². The number of rotatable bonds is 4. The lowest BCUT2D eigenvalue weighted by molar-refractivity contribution is 0.0800. The molecule has 2 N–H and O–H groups in total. The maximum absolute atomic E-state index is 12.2. The molecule has 0 spiro atoms. The van der Waals surface area contributed by atoms with Crippen molar-refractivity contribution < 1.29 is 9.53 Å². The Morgan fingerprint density at radius 3 is 2.71 bits per heavy atom. The summed E-state index contributed by atoms with van der Waals surface area (Å²) in [7, 11) is 0. The molecule has 1 saturated heterocycles. The van der Waals surface area contributed by atoms with Gasteiger partial charge in [0.15, 0.2) is 0 Å². The highest BCUT2D eigenvalue weighted by atomic mass is 32.1. The van der Waals surface area contributed by atoms with Crippen molar-refractivity contribution in [3.05, 3.63) is 40.9 Å². The monoisotopic (exact) mass is 345 g/mol. The third kappa shape index (κ3) is 4.13. The van der Waals surface area contributed by atoms with Gasteiger partial charge in [-0.05, 0) is 26.7 Å². The van der Waals surface area contributed by atoms with Gasteiger partial charge in [-0.2, -0.15) is 0 Å². The van der Waals surface area contributed by atoms with Crippen LogP contribution < -0.4 is 10.6 Å². The molecule has 0 unspecified atom stereocenters. The highest BCUT2D eigenvalue weighted by Gasteiger charge is 2.20. The van der Waals surface area contributed by atoms with Crippen LogP contribution in [0.5, 0.6) is 0 Å². The molecule has 2 heterocycles. The van der Waals surface area contributed by atoms with Crippen molar-refractivity contribution in [2.24, 2.45) is 0 Å². The van der Waals surface area contributed by atoms with Crippen LogP contribution in [0.15, 0.2) is 30.3 Å². The molecule has 2 aromatic rings. The van der Waals surface area contributed by atoms with Crippen molar-refractivity contribution in [2.75, 3.05) is 13.2 Å². The number of nitrogens with zero attached hydrogens (tertiary/aromatic N) is 1. The fraction of sp³-hybridized carbons (Fsp3) is 0.444. The van der Waals surface area contributed by atoms with Crippen molar-refractivity contribution in [1.82, 2.24) is 15.6 Å². The molecular weight excluding hydrogens is 322 g/mol. The number of amides is 2. The van der Waals surface area contributed by atoms with Gasteiger partial charge in [-0.3, -0.25) is 0 Å². The van der Waals surface area contributed by atoms with E-state index in [4.69, 9.17) is 4.74 Å². The van der Waals surface area contributed by atoms with Gasteiger partial charge in [-0.1, -0.05) is 30.3 Å². The minimum Gasteiger partial charge on any atom is -0.381 e. The van der Waals surface area contributed by atoms with Gasteiger partial charge < -0.3 is 15.4 Å². The molecule has 1 aromatic carbocycles. The van der Waals surface area contributed by atoms with E-state index in [2.05, 4.69) is 27.8 Å². The van der Waals surface area contributed by atoms with Crippen molar-refractivity contribution in [3.8, 4) is 10.6 Å². The summed E-state index contributed by atoms with van der Waals surface area (Å²) < 4.78 is 5.31. The van der Waals surface area contributed by atoms with E-state index in [1.165, 1.54) is 0 Å². The summed E-state index contributed by atoms with van der Waals surface area (Å²) in [6.45, 7) is 5.43. The van der Waals surface area contributed by atoms with Crippen molar-refractivity contribution in [3.63, 3.8) is 0 Å². The number of carbonyl (C=O) groups excluding carboxylic acids is 1.